The number of carbonyl (C=O) groups is 1. The third-order valence-electron chi connectivity index (χ3n) is 5.18. The highest BCUT2D eigenvalue weighted by Gasteiger charge is 2.44. The number of nitrogens with zero attached hydrogens (tertiary/aromatic N) is 1. The van der Waals surface area contributed by atoms with Crippen LogP contribution in [0.5, 0.6) is 0 Å². The van der Waals surface area contributed by atoms with E-state index in [0.717, 1.165) is 43.3 Å². The zero-order chi connectivity index (χ0) is 13.7. The molecule has 1 aromatic carbocycles. The number of nitriles is 1. The number of esters is 1. The Morgan fingerprint density at radius 1 is 1.35 bits per heavy atom. The van der Waals surface area contributed by atoms with Crippen molar-refractivity contribution in [2.45, 2.75) is 37.5 Å². The van der Waals surface area contributed by atoms with E-state index in [4.69, 9.17) is 10.00 Å². The fourth-order valence-corrected chi connectivity index (χ4v) is 3.95. The highest BCUT2D eigenvalue weighted by molar-refractivity contribution is 6.67. The van der Waals surface area contributed by atoms with Crippen LogP contribution in [0.15, 0.2) is 12.1 Å². The fourth-order valence-electron chi connectivity index (χ4n) is 3.95. The van der Waals surface area contributed by atoms with E-state index in [1.165, 1.54) is 5.56 Å². The number of anilines is 1. The second-order valence-corrected chi connectivity index (χ2v) is 6.13. The van der Waals surface area contributed by atoms with E-state index in [-0.39, 0.29) is 18.1 Å². The van der Waals surface area contributed by atoms with Crippen molar-refractivity contribution in [2.75, 3.05) is 11.9 Å². The van der Waals surface area contributed by atoms with Gasteiger partial charge in [0.05, 0.1) is 5.56 Å². The van der Waals surface area contributed by atoms with Gasteiger partial charge in [-0.2, -0.15) is 0 Å². The molecule has 0 aliphatic carbocycles. The second kappa shape index (κ2) is 4.02. The minimum atomic E-state index is -0.210. The van der Waals surface area contributed by atoms with E-state index in [2.05, 4.69) is 17.4 Å². The number of carbonyl (C=O) groups excluding carboxylic acids is 1. The normalized spacial score (nSPS) is 21.9. The molecule has 0 aromatic heterocycles. The Labute approximate surface area is 118 Å². The Morgan fingerprint density at radius 3 is 2.90 bits per heavy atom. The van der Waals surface area contributed by atoms with Crippen molar-refractivity contribution < 1.29 is 9.53 Å². The summed E-state index contributed by atoms with van der Waals surface area (Å²) in [5.74, 6) is 2.19. The Hall–Kier alpha value is -1.96. The molecule has 4 nitrogen and oxygen atoms in total. The molecule has 0 unspecified atom stereocenters. The Kier molecular flexibility index (Phi) is 2.38. The second-order valence-electron chi connectivity index (χ2n) is 6.13. The summed E-state index contributed by atoms with van der Waals surface area (Å²) in [6, 6.07) is 4.00. The van der Waals surface area contributed by atoms with Crippen molar-refractivity contribution in [3.8, 4) is 5.97 Å². The summed E-state index contributed by atoms with van der Waals surface area (Å²) < 4.78 is 5.14. The Morgan fingerprint density at radius 2 is 2.15 bits per heavy atom. The maximum atomic E-state index is 11.6. The number of ether oxygens (including phenoxy) is 1. The first kappa shape index (κ1) is 11.8. The molecule has 0 amide bonds. The number of nitrogens with one attached hydrogen (secondary N) is 1. The van der Waals surface area contributed by atoms with Gasteiger partial charge in [0.2, 0.25) is 0 Å². The highest BCUT2D eigenvalue weighted by atomic mass is 16.5. The maximum Gasteiger partial charge on any atom is 0.338 e. The van der Waals surface area contributed by atoms with Crippen molar-refractivity contribution in [2.24, 2.45) is 0 Å². The van der Waals surface area contributed by atoms with Gasteiger partial charge in [-0.3, -0.25) is 0 Å². The standard InChI is InChI=1S/C15H15BN2O2/c17-9-16-5-3-15(4-6-16)8-18-13-11-7-20-14(19)10(11)1-2-12(13)15/h1-2,18H,3-8H2. The van der Waals surface area contributed by atoms with E-state index in [1.54, 1.807) is 0 Å². The van der Waals surface area contributed by atoms with Gasteiger partial charge in [0, 0.05) is 29.2 Å². The largest absolute Gasteiger partial charge is 0.457 e. The average molecular weight is 266 g/mol. The number of cyclic esters (lactones) is 1. The minimum absolute atomic E-state index is 0.156. The fraction of sp³-hybridized carbons (Fsp3) is 0.467. The summed E-state index contributed by atoms with van der Waals surface area (Å²) >= 11 is 0. The molecule has 5 heteroatoms. The molecule has 1 spiro atoms. The predicted octanol–water partition coefficient (Wildman–Crippen LogP) is 2.37. The lowest BCUT2D eigenvalue weighted by Gasteiger charge is -2.34. The van der Waals surface area contributed by atoms with E-state index in [9.17, 15) is 4.79 Å². The highest BCUT2D eigenvalue weighted by Crippen LogP contribution is 2.49. The van der Waals surface area contributed by atoms with Gasteiger partial charge in [-0.25, -0.2) is 10.1 Å². The lowest BCUT2D eigenvalue weighted by atomic mass is 9.39. The van der Waals surface area contributed by atoms with Crippen LogP contribution in [0.2, 0.25) is 12.6 Å². The summed E-state index contributed by atoms with van der Waals surface area (Å²) in [5.41, 5.74) is 4.32. The SMILES string of the molecule is N#CB1CCC2(CC1)CNc1c2ccc2c1COC2=O. The Bertz CT molecular complexity index is 642. The third kappa shape index (κ3) is 1.45. The van der Waals surface area contributed by atoms with E-state index in [1.807, 2.05) is 6.07 Å². The number of benzene rings is 1. The van der Waals surface area contributed by atoms with Gasteiger partial charge < -0.3 is 10.1 Å². The lowest BCUT2D eigenvalue weighted by molar-refractivity contribution is 0.0535. The summed E-state index contributed by atoms with van der Waals surface area (Å²) in [6.45, 7) is 1.52. The van der Waals surface area contributed by atoms with Crippen LogP contribution in [0.1, 0.15) is 34.3 Å². The van der Waals surface area contributed by atoms with Gasteiger partial charge >= 0.3 is 5.97 Å². The van der Waals surface area contributed by atoms with Crippen molar-refractivity contribution in [1.82, 2.24) is 0 Å². The molecule has 0 atom stereocenters. The molecule has 0 saturated carbocycles. The van der Waals surface area contributed by atoms with E-state index < -0.39 is 0 Å². The zero-order valence-corrected chi connectivity index (χ0v) is 11.2. The smallest absolute Gasteiger partial charge is 0.338 e. The molecule has 0 radical (unpaired) electrons. The molecule has 1 aromatic rings. The Balaban J connectivity index is 1.74. The molecular weight excluding hydrogens is 251 g/mol. The summed E-state index contributed by atoms with van der Waals surface area (Å²) in [6.07, 6.45) is 4.06. The lowest BCUT2D eigenvalue weighted by Crippen LogP contribution is -2.35. The molecule has 3 heterocycles. The van der Waals surface area contributed by atoms with Gasteiger partial charge in [0.1, 0.15) is 6.61 Å². The minimum Gasteiger partial charge on any atom is -0.457 e. The molecule has 3 aliphatic rings. The van der Waals surface area contributed by atoms with Gasteiger partial charge in [-0.05, 0) is 24.5 Å². The molecule has 20 heavy (non-hydrogen) atoms. The first-order valence-corrected chi connectivity index (χ1v) is 7.20. The zero-order valence-electron chi connectivity index (χ0n) is 11.2. The van der Waals surface area contributed by atoms with Crippen molar-refractivity contribution in [3.63, 3.8) is 0 Å². The average Bonchev–Trinajstić information content (AvgIpc) is 3.03. The van der Waals surface area contributed by atoms with Crippen molar-refractivity contribution in [3.05, 3.63) is 28.8 Å². The van der Waals surface area contributed by atoms with Crippen molar-refractivity contribution >= 4 is 18.4 Å². The molecular formula is C15H15BN2O2. The van der Waals surface area contributed by atoms with Crippen LogP contribution in [-0.2, 0) is 16.8 Å². The molecule has 3 aliphatic heterocycles. The van der Waals surface area contributed by atoms with Crippen molar-refractivity contribution in [1.29, 1.82) is 5.26 Å². The van der Waals surface area contributed by atoms with Crippen LogP contribution in [0, 0.1) is 11.2 Å². The number of hydrogen-bond donors (Lipinski definition) is 1. The van der Waals surface area contributed by atoms with Gasteiger partial charge in [0.25, 0.3) is 6.71 Å². The predicted molar refractivity (Wildman–Crippen MR) is 75.9 cm³/mol. The number of rotatable bonds is 0. The summed E-state index contributed by atoms with van der Waals surface area (Å²) in [5, 5.41) is 12.6. The van der Waals surface area contributed by atoms with Crippen LogP contribution in [-0.4, -0.2) is 19.2 Å². The number of fused-ring (bicyclic) bond motifs is 4. The van der Waals surface area contributed by atoms with E-state index >= 15 is 0 Å². The monoisotopic (exact) mass is 266 g/mol. The first-order chi connectivity index (χ1) is 9.73. The molecule has 1 fully saturated rings. The van der Waals surface area contributed by atoms with Crippen LogP contribution in [0.4, 0.5) is 5.69 Å². The quantitative estimate of drug-likeness (QED) is 0.578. The van der Waals surface area contributed by atoms with Crippen LogP contribution in [0.3, 0.4) is 0 Å². The van der Waals surface area contributed by atoms with Crippen LogP contribution < -0.4 is 5.32 Å². The van der Waals surface area contributed by atoms with Gasteiger partial charge in [-0.1, -0.05) is 18.7 Å². The van der Waals surface area contributed by atoms with Gasteiger partial charge in [0.15, 0.2) is 0 Å². The summed E-state index contributed by atoms with van der Waals surface area (Å²) in [7, 11) is 0. The molecule has 1 saturated heterocycles. The topological polar surface area (TPSA) is 62.1 Å². The first-order valence-electron chi connectivity index (χ1n) is 7.20. The van der Waals surface area contributed by atoms with Crippen LogP contribution in [0.25, 0.3) is 0 Å². The summed E-state index contributed by atoms with van der Waals surface area (Å²) in [4.78, 5) is 11.6. The molecule has 100 valence electrons. The number of hydrogen-bond acceptors (Lipinski definition) is 4. The molecule has 4 rings (SSSR count). The molecule has 1 N–H and O–H groups in total. The van der Waals surface area contributed by atoms with E-state index in [0.29, 0.717) is 12.2 Å². The van der Waals surface area contributed by atoms with Gasteiger partial charge in [-0.15, -0.1) is 0 Å². The maximum absolute atomic E-state index is 11.6. The van der Waals surface area contributed by atoms with Crippen LogP contribution >= 0.6 is 0 Å². The third-order valence-corrected chi connectivity index (χ3v) is 5.18. The molecule has 0 bridgehead atoms.